The van der Waals surface area contributed by atoms with Gasteiger partial charge in [0.05, 0.1) is 16.4 Å². The van der Waals surface area contributed by atoms with Crippen LogP contribution in [0.15, 0.2) is 0 Å². The maximum absolute atomic E-state index is 6.54. The molecule has 0 saturated carbocycles. The molecule has 4 rings (SSSR count). The molecule has 1 aromatic rings. The Balaban J connectivity index is 1.75. The lowest BCUT2D eigenvalue weighted by Crippen LogP contribution is -2.66. The smallest absolute Gasteiger partial charge is 0.0850 e. The molecule has 2 unspecified atom stereocenters. The standard InChI is InChI=1S/C15H26ClN5/c1-3-12-15(16)13(21(4-2)18-12)9-11(17)14-10-19-5-7-20(14)8-6-19/h11,14H,3-10,17H2,1-2H3. The molecule has 2 atom stereocenters. The fourth-order valence-electron chi connectivity index (χ4n) is 3.64. The second kappa shape index (κ2) is 6.24. The van der Waals surface area contributed by atoms with E-state index in [4.69, 9.17) is 17.3 Å². The van der Waals surface area contributed by atoms with Gasteiger partial charge in [-0.25, -0.2) is 0 Å². The van der Waals surface area contributed by atoms with Crippen LogP contribution in [0.2, 0.25) is 5.02 Å². The van der Waals surface area contributed by atoms with Gasteiger partial charge in [-0.1, -0.05) is 18.5 Å². The van der Waals surface area contributed by atoms with Gasteiger partial charge in [0.2, 0.25) is 0 Å². The van der Waals surface area contributed by atoms with E-state index in [1.807, 2.05) is 4.68 Å². The molecule has 4 heterocycles. The van der Waals surface area contributed by atoms with Crippen LogP contribution in [0.3, 0.4) is 0 Å². The van der Waals surface area contributed by atoms with E-state index in [1.54, 1.807) is 0 Å². The molecular formula is C15H26ClN5. The highest BCUT2D eigenvalue weighted by molar-refractivity contribution is 6.31. The van der Waals surface area contributed by atoms with Gasteiger partial charge >= 0.3 is 0 Å². The summed E-state index contributed by atoms with van der Waals surface area (Å²) in [6.45, 7) is 10.8. The minimum Gasteiger partial charge on any atom is -0.326 e. The molecule has 1 aromatic heterocycles. The Morgan fingerprint density at radius 2 is 2.00 bits per heavy atom. The fourth-order valence-corrected chi connectivity index (χ4v) is 3.98. The van der Waals surface area contributed by atoms with Crippen molar-refractivity contribution < 1.29 is 0 Å². The third kappa shape index (κ3) is 2.84. The highest BCUT2D eigenvalue weighted by Gasteiger charge is 2.36. The number of fused-ring (bicyclic) bond motifs is 3. The van der Waals surface area contributed by atoms with Gasteiger partial charge in [0.1, 0.15) is 0 Å². The number of rotatable bonds is 5. The first-order valence-electron chi connectivity index (χ1n) is 8.10. The van der Waals surface area contributed by atoms with E-state index in [0.717, 1.165) is 55.4 Å². The monoisotopic (exact) mass is 311 g/mol. The Kier molecular flexibility index (Phi) is 4.54. The number of aryl methyl sites for hydroxylation is 2. The van der Waals surface area contributed by atoms with Crippen LogP contribution in [0.5, 0.6) is 0 Å². The Labute approximate surface area is 132 Å². The van der Waals surface area contributed by atoms with Crippen LogP contribution in [-0.4, -0.2) is 64.4 Å². The van der Waals surface area contributed by atoms with Crippen LogP contribution in [-0.2, 0) is 19.4 Å². The quantitative estimate of drug-likeness (QED) is 0.881. The second-order valence-electron chi connectivity index (χ2n) is 6.15. The molecule has 3 aliphatic rings. The molecule has 118 valence electrons. The van der Waals surface area contributed by atoms with Gasteiger partial charge in [0.25, 0.3) is 0 Å². The molecule has 2 bridgehead atoms. The predicted octanol–water partition coefficient (Wildman–Crippen LogP) is 0.988. The molecule has 0 aliphatic carbocycles. The van der Waals surface area contributed by atoms with Crippen LogP contribution in [0.1, 0.15) is 25.2 Å². The number of aromatic nitrogens is 2. The third-order valence-electron chi connectivity index (χ3n) is 4.94. The van der Waals surface area contributed by atoms with Gasteiger partial charge < -0.3 is 5.73 Å². The van der Waals surface area contributed by atoms with Gasteiger partial charge in [-0.2, -0.15) is 5.10 Å². The molecule has 0 aromatic carbocycles. The first-order chi connectivity index (χ1) is 10.1. The van der Waals surface area contributed by atoms with Gasteiger partial charge in [-0.05, 0) is 13.3 Å². The summed E-state index contributed by atoms with van der Waals surface area (Å²) in [6.07, 6.45) is 1.69. The van der Waals surface area contributed by atoms with Crippen LogP contribution in [0.25, 0.3) is 0 Å². The summed E-state index contributed by atoms with van der Waals surface area (Å²) in [5.41, 5.74) is 8.65. The molecule has 0 radical (unpaired) electrons. The SMILES string of the molecule is CCc1nn(CC)c(CC(N)C2CN3CCN2CC3)c1Cl. The number of piperazine rings is 3. The van der Waals surface area contributed by atoms with Crippen molar-refractivity contribution in [3.63, 3.8) is 0 Å². The summed E-state index contributed by atoms with van der Waals surface area (Å²) >= 11 is 6.51. The largest absolute Gasteiger partial charge is 0.326 e. The molecule has 2 N–H and O–H groups in total. The van der Waals surface area contributed by atoms with Gasteiger partial charge in [-0.3, -0.25) is 14.5 Å². The maximum Gasteiger partial charge on any atom is 0.0850 e. The number of nitrogens with zero attached hydrogens (tertiary/aromatic N) is 4. The number of hydrogen-bond acceptors (Lipinski definition) is 4. The lowest BCUT2D eigenvalue weighted by atomic mass is 9.97. The van der Waals surface area contributed by atoms with E-state index >= 15 is 0 Å². The predicted molar refractivity (Wildman–Crippen MR) is 85.8 cm³/mol. The Morgan fingerprint density at radius 1 is 1.29 bits per heavy atom. The minimum absolute atomic E-state index is 0.123. The number of hydrogen-bond donors (Lipinski definition) is 1. The lowest BCUT2D eigenvalue weighted by Gasteiger charge is -2.49. The summed E-state index contributed by atoms with van der Waals surface area (Å²) < 4.78 is 2.03. The van der Waals surface area contributed by atoms with Crippen molar-refractivity contribution in [2.24, 2.45) is 5.73 Å². The highest BCUT2D eigenvalue weighted by atomic mass is 35.5. The Morgan fingerprint density at radius 3 is 2.52 bits per heavy atom. The lowest BCUT2D eigenvalue weighted by molar-refractivity contribution is 0.00235. The second-order valence-corrected chi connectivity index (χ2v) is 6.53. The van der Waals surface area contributed by atoms with Crippen LogP contribution < -0.4 is 5.73 Å². The van der Waals surface area contributed by atoms with Crippen molar-refractivity contribution in [1.29, 1.82) is 0 Å². The van der Waals surface area contributed by atoms with E-state index in [-0.39, 0.29) is 6.04 Å². The fraction of sp³-hybridized carbons (Fsp3) is 0.800. The molecule has 3 fully saturated rings. The van der Waals surface area contributed by atoms with Crippen molar-refractivity contribution in [3.05, 3.63) is 16.4 Å². The maximum atomic E-state index is 6.54. The molecule has 21 heavy (non-hydrogen) atoms. The van der Waals surface area contributed by atoms with E-state index in [9.17, 15) is 0 Å². The van der Waals surface area contributed by atoms with Crippen molar-refractivity contribution >= 4 is 11.6 Å². The summed E-state index contributed by atoms with van der Waals surface area (Å²) in [4.78, 5) is 5.08. The van der Waals surface area contributed by atoms with Gasteiger partial charge in [0.15, 0.2) is 0 Å². The topological polar surface area (TPSA) is 50.3 Å². The number of halogens is 1. The van der Waals surface area contributed by atoms with Gasteiger partial charge in [-0.15, -0.1) is 0 Å². The summed E-state index contributed by atoms with van der Waals surface area (Å²) in [5.74, 6) is 0. The van der Waals surface area contributed by atoms with Crippen molar-refractivity contribution in [1.82, 2.24) is 19.6 Å². The van der Waals surface area contributed by atoms with Crippen LogP contribution in [0.4, 0.5) is 0 Å². The minimum atomic E-state index is 0.123. The average Bonchev–Trinajstić information content (AvgIpc) is 2.84. The zero-order valence-electron chi connectivity index (χ0n) is 13.1. The zero-order valence-corrected chi connectivity index (χ0v) is 13.8. The summed E-state index contributed by atoms with van der Waals surface area (Å²) in [6, 6.07) is 0.575. The van der Waals surface area contributed by atoms with E-state index in [0.29, 0.717) is 6.04 Å². The zero-order chi connectivity index (χ0) is 15.0. The molecule has 3 saturated heterocycles. The van der Waals surface area contributed by atoms with E-state index in [2.05, 4.69) is 28.7 Å². The highest BCUT2D eigenvalue weighted by Crippen LogP contribution is 2.25. The van der Waals surface area contributed by atoms with Gasteiger partial charge in [0, 0.05) is 57.8 Å². The van der Waals surface area contributed by atoms with E-state index < -0.39 is 0 Å². The third-order valence-corrected chi connectivity index (χ3v) is 5.37. The van der Waals surface area contributed by atoms with Crippen LogP contribution >= 0.6 is 11.6 Å². The molecule has 5 nitrogen and oxygen atoms in total. The summed E-state index contributed by atoms with van der Waals surface area (Å²) in [7, 11) is 0. The molecule has 0 spiro atoms. The molecule has 3 aliphatic heterocycles. The average molecular weight is 312 g/mol. The van der Waals surface area contributed by atoms with Crippen molar-refractivity contribution in [2.45, 2.75) is 45.3 Å². The Hall–Kier alpha value is -0.620. The molecule has 0 amide bonds. The van der Waals surface area contributed by atoms with Crippen molar-refractivity contribution in [2.75, 3.05) is 32.7 Å². The summed E-state index contributed by atoms with van der Waals surface area (Å²) in [5, 5.41) is 5.42. The molecular weight excluding hydrogens is 286 g/mol. The Bertz CT molecular complexity index is 492. The number of nitrogens with two attached hydrogens (primary N) is 1. The van der Waals surface area contributed by atoms with E-state index in [1.165, 1.54) is 13.1 Å². The van der Waals surface area contributed by atoms with Crippen LogP contribution in [0, 0.1) is 0 Å². The van der Waals surface area contributed by atoms with Crippen molar-refractivity contribution in [3.8, 4) is 0 Å². The molecule has 6 heteroatoms. The first kappa shape index (κ1) is 15.3. The normalized spacial score (nSPS) is 29.8. The first-order valence-corrected chi connectivity index (χ1v) is 8.47.